The molecule has 156 valence electrons. The fourth-order valence-corrected chi connectivity index (χ4v) is 3.64. The lowest BCUT2D eigenvalue weighted by atomic mass is 10.1. The summed E-state index contributed by atoms with van der Waals surface area (Å²) in [6.45, 7) is 5.50. The number of hydrogen-bond acceptors (Lipinski definition) is 5. The molecule has 1 aromatic carbocycles. The Morgan fingerprint density at radius 3 is 2.69 bits per heavy atom. The summed E-state index contributed by atoms with van der Waals surface area (Å²) < 4.78 is 25.2. The Morgan fingerprint density at radius 2 is 2.03 bits per heavy atom. The average molecular weight is 405 g/mol. The fourth-order valence-electron chi connectivity index (χ4n) is 3.64. The van der Waals surface area contributed by atoms with E-state index in [-0.39, 0.29) is 31.5 Å². The van der Waals surface area contributed by atoms with Crippen molar-refractivity contribution >= 4 is 29.5 Å². The number of benzene rings is 1. The highest BCUT2D eigenvalue weighted by Gasteiger charge is 2.42. The van der Waals surface area contributed by atoms with Crippen LogP contribution in [0.15, 0.2) is 12.1 Å². The lowest BCUT2D eigenvalue weighted by Crippen LogP contribution is -2.38. The maximum Gasteiger partial charge on any atom is 0.414 e. The van der Waals surface area contributed by atoms with E-state index in [1.807, 2.05) is 0 Å². The van der Waals surface area contributed by atoms with Gasteiger partial charge in [-0.2, -0.15) is 0 Å². The maximum absolute atomic E-state index is 14.8. The third-order valence-electron chi connectivity index (χ3n) is 4.95. The van der Waals surface area contributed by atoms with E-state index < -0.39 is 29.7 Å². The topological polar surface area (TPSA) is 88.2 Å². The molecule has 0 radical (unpaired) electrons. The normalized spacial score (nSPS) is 21.3. The van der Waals surface area contributed by atoms with Crippen molar-refractivity contribution in [3.05, 3.63) is 23.5 Å². The van der Waals surface area contributed by atoms with Crippen molar-refractivity contribution in [2.45, 2.75) is 57.8 Å². The Kier molecular flexibility index (Phi) is 4.63. The number of halogens is 1. The van der Waals surface area contributed by atoms with Crippen molar-refractivity contribution in [1.29, 1.82) is 0 Å². The molecule has 0 spiro atoms. The summed E-state index contributed by atoms with van der Waals surface area (Å²) in [5.74, 6) is -0.625. The first-order chi connectivity index (χ1) is 13.6. The fraction of sp³-hybridized carbons (Fsp3) is 0.550. The van der Waals surface area contributed by atoms with Crippen LogP contribution in [-0.4, -0.2) is 48.9 Å². The van der Waals surface area contributed by atoms with Crippen molar-refractivity contribution < 1.29 is 28.2 Å². The molecule has 2 heterocycles. The largest absolute Gasteiger partial charge is 0.444 e. The minimum atomic E-state index is -0.629. The Morgan fingerprint density at radius 1 is 1.31 bits per heavy atom. The highest BCUT2D eigenvalue weighted by molar-refractivity contribution is 6.03. The predicted octanol–water partition coefficient (Wildman–Crippen LogP) is 2.73. The molecule has 1 saturated heterocycles. The zero-order chi connectivity index (χ0) is 20.9. The van der Waals surface area contributed by atoms with Gasteiger partial charge >= 0.3 is 12.2 Å². The summed E-state index contributed by atoms with van der Waals surface area (Å²) in [5, 5.41) is 2.57. The minimum absolute atomic E-state index is 0.0819. The first-order valence-electron chi connectivity index (χ1n) is 9.72. The lowest BCUT2D eigenvalue weighted by molar-refractivity contribution is -0.117. The quantitative estimate of drug-likeness (QED) is 0.832. The molecule has 8 nitrogen and oxygen atoms in total. The standard InChI is InChI=1S/C20H24FN3O5/c1-20(2,3)29-18(26)22-9-14-10-23(19(27)28-14)13-6-11-7-16(25)24(12-4-5-12)17(11)15(21)8-13/h6,8,12,14H,4-5,7,9-10H2,1-3H3,(H,22,26). The van der Waals surface area contributed by atoms with Crippen molar-refractivity contribution in [3.63, 3.8) is 0 Å². The monoisotopic (exact) mass is 405 g/mol. The van der Waals surface area contributed by atoms with Crippen LogP contribution in [0.25, 0.3) is 0 Å². The highest BCUT2D eigenvalue weighted by Crippen LogP contribution is 2.42. The molecule has 0 bridgehead atoms. The molecule has 9 heteroatoms. The molecule has 1 unspecified atom stereocenters. The van der Waals surface area contributed by atoms with Gasteiger partial charge in [0.1, 0.15) is 17.5 Å². The number of nitrogens with zero attached hydrogens (tertiary/aromatic N) is 2. The van der Waals surface area contributed by atoms with Crippen LogP contribution in [0.4, 0.5) is 25.4 Å². The van der Waals surface area contributed by atoms with E-state index in [2.05, 4.69) is 5.32 Å². The van der Waals surface area contributed by atoms with Gasteiger partial charge in [0.2, 0.25) is 5.91 Å². The van der Waals surface area contributed by atoms with Gasteiger partial charge in [-0.15, -0.1) is 0 Å². The van der Waals surface area contributed by atoms with Crippen molar-refractivity contribution in [2.24, 2.45) is 0 Å². The van der Waals surface area contributed by atoms with E-state index in [1.165, 1.54) is 11.0 Å². The lowest BCUT2D eigenvalue weighted by Gasteiger charge is -2.20. The van der Waals surface area contributed by atoms with Crippen molar-refractivity contribution in [1.82, 2.24) is 5.32 Å². The first-order valence-corrected chi connectivity index (χ1v) is 9.72. The van der Waals surface area contributed by atoms with E-state index in [1.54, 1.807) is 31.7 Å². The van der Waals surface area contributed by atoms with Crippen LogP contribution in [0.5, 0.6) is 0 Å². The van der Waals surface area contributed by atoms with Crippen molar-refractivity contribution in [3.8, 4) is 0 Å². The number of rotatable bonds is 4. The van der Waals surface area contributed by atoms with Gasteiger partial charge in [-0.05, 0) is 51.3 Å². The summed E-state index contributed by atoms with van der Waals surface area (Å²) in [7, 11) is 0. The molecule has 0 aromatic heterocycles. The molecule has 1 saturated carbocycles. The smallest absolute Gasteiger partial charge is 0.414 e. The predicted molar refractivity (Wildman–Crippen MR) is 102 cm³/mol. The van der Waals surface area contributed by atoms with Gasteiger partial charge < -0.3 is 19.7 Å². The van der Waals surface area contributed by atoms with Gasteiger partial charge in [0.05, 0.1) is 30.9 Å². The number of amides is 3. The number of alkyl carbamates (subject to hydrolysis) is 1. The SMILES string of the molecule is CC(C)(C)OC(=O)NCC1CN(c2cc(F)c3c(c2)CC(=O)N3C2CC2)C(=O)O1. The molecule has 3 amide bonds. The van der Waals surface area contributed by atoms with Crippen LogP contribution >= 0.6 is 0 Å². The first kappa shape index (κ1) is 19.5. The summed E-state index contributed by atoms with van der Waals surface area (Å²) >= 11 is 0. The van der Waals surface area contributed by atoms with Crippen LogP contribution in [0.1, 0.15) is 39.2 Å². The average Bonchev–Trinajstić information content (AvgIpc) is 3.27. The van der Waals surface area contributed by atoms with Crippen molar-refractivity contribution in [2.75, 3.05) is 22.9 Å². The molecule has 29 heavy (non-hydrogen) atoms. The number of ether oxygens (including phenoxy) is 2. The summed E-state index contributed by atoms with van der Waals surface area (Å²) in [6, 6.07) is 3.02. The number of nitrogens with one attached hydrogen (secondary N) is 1. The Bertz CT molecular complexity index is 878. The van der Waals surface area contributed by atoms with Gasteiger partial charge in [0.15, 0.2) is 0 Å². The van der Waals surface area contributed by atoms with Crippen LogP contribution < -0.4 is 15.1 Å². The molecule has 1 atom stereocenters. The van der Waals surface area contributed by atoms with Gasteiger partial charge in [0.25, 0.3) is 0 Å². The molecule has 2 fully saturated rings. The zero-order valence-corrected chi connectivity index (χ0v) is 16.7. The number of carbonyl (C=O) groups is 3. The van der Waals surface area contributed by atoms with Crippen LogP contribution in [0.3, 0.4) is 0 Å². The zero-order valence-electron chi connectivity index (χ0n) is 16.7. The van der Waals surface area contributed by atoms with Crippen LogP contribution in [-0.2, 0) is 20.7 Å². The van der Waals surface area contributed by atoms with E-state index in [4.69, 9.17) is 9.47 Å². The molecule has 1 N–H and O–H groups in total. The van der Waals surface area contributed by atoms with Gasteiger partial charge in [-0.1, -0.05) is 0 Å². The minimum Gasteiger partial charge on any atom is -0.444 e. The van der Waals surface area contributed by atoms with Crippen LogP contribution in [0, 0.1) is 5.82 Å². The number of anilines is 2. The second kappa shape index (κ2) is 6.89. The molecular formula is C20H24FN3O5. The Labute approximate surface area is 167 Å². The molecule has 2 aliphatic heterocycles. The third kappa shape index (κ3) is 3.99. The Hall–Kier alpha value is -2.84. The van der Waals surface area contributed by atoms with Gasteiger partial charge in [-0.25, -0.2) is 14.0 Å². The van der Waals surface area contributed by atoms with E-state index >= 15 is 0 Å². The molecule has 1 aromatic rings. The highest BCUT2D eigenvalue weighted by atomic mass is 19.1. The maximum atomic E-state index is 14.8. The summed E-state index contributed by atoms with van der Waals surface area (Å²) in [4.78, 5) is 39.2. The molecule has 3 aliphatic rings. The van der Waals surface area contributed by atoms with Crippen LogP contribution in [0.2, 0.25) is 0 Å². The van der Waals surface area contributed by atoms with E-state index in [9.17, 15) is 18.8 Å². The second-order valence-electron chi connectivity index (χ2n) is 8.61. The number of carbonyl (C=O) groups excluding carboxylic acids is 3. The number of fused-ring (bicyclic) bond motifs is 1. The summed E-state index contributed by atoms with van der Waals surface area (Å²) in [6.07, 6.45) is 0.0890. The van der Waals surface area contributed by atoms with Gasteiger partial charge in [0, 0.05) is 6.04 Å². The number of hydrogen-bond donors (Lipinski definition) is 1. The van der Waals surface area contributed by atoms with Gasteiger partial charge in [-0.3, -0.25) is 9.69 Å². The Balaban J connectivity index is 1.44. The molecule has 1 aliphatic carbocycles. The van der Waals surface area contributed by atoms with E-state index in [0.717, 1.165) is 12.8 Å². The molecule has 4 rings (SSSR count). The third-order valence-corrected chi connectivity index (χ3v) is 4.95. The van der Waals surface area contributed by atoms with E-state index in [0.29, 0.717) is 16.9 Å². The number of cyclic esters (lactones) is 1. The molecular weight excluding hydrogens is 381 g/mol. The summed E-state index contributed by atoms with van der Waals surface area (Å²) in [5.41, 5.74) is 0.629. The second-order valence-corrected chi connectivity index (χ2v) is 8.61.